The lowest BCUT2D eigenvalue weighted by Crippen LogP contribution is -2.29. The smallest absolute Gasteiger partial charge is 0.230 e. The van der Waals surface area contributed by atoms with Crippen LogP contribution >= 0.6 is 23.4 Å². The average Bonchev–Trinajstić information content (AvgIpc) is 3.14. The van der Waals surface area contributed by atoms with E-state index in [4.69, 9.17) is 11.6 Å². The number of halogens is 1. The SMILES string of the molecule is CCC(NC(=O)CSc1nnc2cc(C)c3ccccc3n12)c1ccc(Cl)cc1. The van der Waals surface area contributed by atoms with Crippen molar-refractivity contribution < 1.29 is 4.79 Å². The highest BCUT2D eigenvalue weighted by Crippen LogP contribution is 2.26. The van der Waals surface area contributed by atoms with E-state index in [1.54, 1.807) is 0 Å². The molecule has 0 aliphatic heterocycles. The van der Waals surface area contributed by atoms with Gasteiger partial charge < -0.3 is 5.32 Å². The molecule has 2 aromatic heterocycles. The minimum Gasteiger partial charge on any atom is -0.349 e. The first kappa shape index (κ1) is 19.7. The molecule has 0 aliphatic carbocycles. The Hall–Kier alpha value is -2.57. The normalized spacial score (nSPS) is 12.4. The Morgan fingerprint density at radius 1 is 1.17 bits per heavy atom. The molecule has 1 N–H and O–H groups in total. The predicted molar refractivity (Wildman–Crippen MR) is 119 cm³/mol. The fraction of sp³-hybridized carbons (Fsp3) is 0.227. The number of carbonyl (C=O) groups is 1. The molecule has 1 amide bonds. The zero-order chi connectivity index (χ0) is 20.4. The standard InChI is InChI=1S/C22H21ClN4OS/c1-3-18(15-8-10-16(23)11-9-15)24-21(28)13-29-22-26-25-20-12-14(2)17-6-4-5-7-19(17)27(20)22/h4-12,18H,3,13H2,1-2H3,(H,24,28). The van der Waals surface area contributed by atoms with Crippen molar-refractivity contribution in [2.75, 3.05) is 5.75 Å². The molecule has 0 fully saturated rings. The van der Waals surface area contributed by atoms with E-state index in [2.05, 4.69) is 34.6 Å². The topological polar surface area (TPSA) is 59.3 Å². The number of rotatable bonds is 6. The summed E-state index contributed by atoms with van der Waals surface area (Å²) in [7, 11) is 0. The molecule has 29 heavy (non-hydrogen) atoms. The zero-order valence-electron chi connectivity index (χ0n) is 16.2. The molecule has 1 unspecified atom stereocenters. The third kappa shape index (κ3) is 4.09. The molecule has 4 aromatic rings. The Labute approximate surface area is 178 Å². The molecular formula is C22H21ClN4OS. The van der Waals surface area contributed by atoms with E-state index >= 15 is 0 Å². The molecule has 0 spiro atoms. The highest BCUT2D eigenvalue weighted by molar-refractivity contribution is 7.99. The van der Waals surface area contributed by atoms with Crippen molar-refractivity contribution in [1.82, 2.24) is 19.9 Å². The molecule has 5 nitrogen and oxygen atoms in total. The number of nitrogens with one attached hydrogen (secondary N) is 1. The summed E-state index contributed by atoms with van der Waals surface area (Å²) in [5, 5.41) is 14.2. The minimum atomic E-state index is -0.0426. The monoisotopic (exact) mass is 424 g/mol. The van der Waals surface area contributed by atoms with Gasteiger partial charge in [-0.15, -0.1) is 10.2 Å². The van der Waals surface area contributed by atoms with Gasteiger partial charge in [0.05, 0.1) is 17.3 Å². The second-order valence-electron chi connectivity index (χ2n) is 6.89. The van der Waals surface area contributed by atoms with Crippen LogP contribution in [0.2, 0.25) is 5.02 Å². The number of nitrogens with zero attached hydrogens (tertiary/aromatic N) is 3. The number of benzene rings is 2. The van der Waals surface area contributed by atoms with Gasteiger partial charge >= 0.3 is 0 Å². The Bertz CT molecular complexity index is 1170. The predicted octanol–water partition coefficient (Wildman–Crippen LogP) is 5.20. The van der Waals surface area contributed by atoms with E-state index < -0.39 is 0 Å². The summed E-state index contributed by atoms with van der Waals surface area (Å²) in [5.41, 5.74) is 4.04. The van der Waals surface area contributed by atoms with Crippen molar-refractivity contribution >= 4 is 45.8 Å². The van der Waals surface area contributed by atoms with Crippen molar-refractivity contribution in [2.45, 2.75) is 31.5 Å². The molecule has 0 aliphatic rings. The lowest BCUT2D eigenvalue weighted by atomic mass is 10.0. The van der Waals surface area contributed by atoms with Crippen LogP contribution in [-0.4, -0.2) is 26.3 Å². The molecule has 0 saturated heterocycles. The second kappa shape index (κ2) is 8.43. The molecule has 1 atom stereocenters. The number of hydrogen-bond acceptors (Lipinski definition) is 4. The largest absolute Gasteiger partial charge is 0.349 e. The number of hydrogen-bond donors (Lipinski definition) is 1. The number of fused-ring (bicyclic) bond motifs is 3. The molecule has 0 bridgehead atoms. The van der Waals surface area contributed by atoms with Crippen LogP contribution in [0, 0.1) is 6.92 Å². The number of para-hydroxylation sites is 1. The molecule has 2 aromatic carbocycles. The van der Waals surface area contributed by atoms with Crippen molar-refractivity contribution in [3.05, 3.63) is 70.7 Å². The third-order valence-corrected chi connectivity index (χ3v) is 6.10. The Morgan fingerprint density at radius 3 is 2.69 bits per heavy atom. The third-order valence-electron chi connectivity index (χ3n) is 4.92. The number of aromatic nitrogens is 3. The minimum absolute atomic E-state index is 0.0371. The summed E-state index contributed by atoms with van der Waals surface area (Å²) < 4.78 is 2.01. The average molecular weight is 425 g/mol. The molecule has 0 saturated carbocycles. The first-order valence-corrected chi connectivity index (χ1v) is 10.8. The van der Waals surface area contributed by atoms with Crippen molar-refractivity contribution in [1.29, 1.82) is 0 Å². The summed E-state index contributed by atoms with van der Waals surface area (Å²) in [6.07, 6.45) is 0.801. The quantitative estimate of drug-likeness (QED) is 0.432. The summed E-state index contributed by atoms with van der Waals surface area (Å²) in [4.78, 5) is 12.6. The van der Waals surface area contributed by atoms with Gasteiger partial charge in [0.25, 0.3) is 0 Å². The van der Waals surface area contributed by atoms with Crippen molar-refractivity contribution in [2.24, 2.45) is 0 Å². The van der Waals surface area contributed by atoms with E-state index in [9.17, 15) is 4.79 Å². The molecule has 2 heterocycles. The number of thioether (sulfide) groups is 1. The first-order valence-electron chi connectivity index (χ1n) is 9.48. The number of carbonyl (C=O) groups excluding carboxylic acids is 1. The van der Waals surface area contributed by atoms with Gasteiger partial charge in [-0.25, -0.2) is 0 Å². The van der Waals surface area contributed by atoms with Gasteiger partial charge in [-0.3, -0.25) is 9.20 Å². The van der Waals surface area contributed by atoms with Crippen LogP contribution in [0.5, 0.6) is 0 Å². The van der Waals surface area contributed by atoms with E-state index in [0.717, 1.165) is 34.1 Å². The Kier molecular flexibility index (Phi) is 5.74. The van der Waals surface area contributed by atoms with Crippen LogP contribution in [0.1, 0.15) is 30.5 Å². The second-order valence-corrected chi connectivity index (χ2v) is 8.27. The van der Waals surface area contributed by atoms with Gasteiger partial charge in [0.2, 0.25) is 5.91 Å². The van der Waals surface area contributed by atoms with Crippen LogP contribution in [0.4, 0.5) is 0 Å². The maximum absolute atomic E-state index is 12.6. The van der Waals surface area contributed by atoms with Gasteiger partial charge in [0, 0.05) is 10.4 Å². The molecule has 0 radical (unpaired) electrons. The summed E-state index contributed by atoms with van der Waals surface area (Å²) in [6, 6.07) is 17.7. The van der Waals surface area contributed by atoms with Crippen LogP contribution in [-0.2, 0) is 4.79 Å². The highest BCUT2D eigenvalue weighted by atomic mass is 35.5. The lowest BCUT2D eigenvalue weighted by Gasteiger charge is -2.17. The number of aryl methyl sites for hydroxylation is 1. The van der Waals surface area contributed by atoms with Crippen LogP contribution in [0.3, 0.4) is 0 Å². The number of pyridine rings is 1. The lowest BCUT2D eigenvalue weighted by molar-refractivity contribution is -0.119. The van der Waals surface area contributed by atoms with Crippen LogP contribution in [0.25, 0.3) is 16.6 Å². The van der Waals surface area contributed by atoms with Gasteiger partial charge in [-0.05, 0) is 48.7 Å². The van der Waals surface area contributed by atoms with Crippen molar-refractivity contribution in [3.8, 4) is 0 Å². The molecule has 148 valence electrons. The van der Waals surface area contributed by atoms with E-state index in [0.29, 0.717) is 10.2 Å². The molecule has 7 heteroatoms. The zero-order valence-corrected chi connectivity index (χ0v) is 17.8. The van der Waals surface area contributed by atoms with Crippen molar-refractivity contribution in [3.63, 3.8) is 0 Å². The van der Waals surface area contributed by atoms with Gasteiger partial charge in [-0.2, -0.15) is 0 Å². The summed E-state index contributed by atoms with van der Waals surface area (Å²) in [6.45, 7) is 4.12. The van der Waals surface area contributed by atoms with Crippen LogP contribution < -0.4 is 5.32 Å². The van der Waals surface area contributed by atoms with Gasteiger partial charge in [0.15, 0.2) is 10.8 Å². The van der Waals surface area contributed by atoms with E-state index in [1.165, 1.54) is 11.8 Å². The van der Waals surface area contributed by atoms with Crippen LogP contribution in [0.15, 0.2) is 59.8 Å². The van der Waals surface area contributed by atoms with E-state index in [-0.39, 0.29) is 17.7 Å². The summed E-state index contributed by atoms with van der Waals surface area (Å²) in [5.74, 6) is 0.234. The maximum atomic E-state index is 12.6. The highest BCUT2D eigenvalue weighted by Gasteiger charge is 2.16. The number of amides is 1. The molecular weight excluding hydrogens is 404 g/mol. The maximum Gasteiger partial charge on any atom is 0.230 e. The first-order chi connectivity index (χ1) is 14.1. The molecule has 4 rings (SSSR count). The van der Waals surface area contributed by atoms with Gasteiger partial charge in [0.1, 0.15) is 0 Å². The van der Waals surface area contributed by atoms with Gasteiger partial charge in [-0.1, -0.05) is 60.6 Å². The van der Waals surface area contributed by atoms with E-state index in [1.807, 2.05) is 53.8 Å². The Balaban J connectivity index is 1.51. The fourth-order valence-corrected chi connectivity index (χ4v) is 4.34. The summed E-state index contributed by atoms with van der Waals surface area (Å²) >= 11 is 7.36. The fourth-order valence-electron chi connectivity index (χ4n) is 3.45. The Morgan fingerprint density at radius 2 is 1.93 bits per heavy atom.